The smallest absolute Gasteiger partial charge is 0.125 e. The monoisotopic (exact) mass is 261 g/mol. The zero-order valence-corrected chi connectivity index (χ0v) is 11.3. The molecule has 4 heteroatoms. The summed E-state index contributed by atoms with van der Waals surface area (Å²) in [5.74, 6) is 0.903. The summed E-state index contributed by atoms with van der Waals surface area (Å²) in [5.41, 5.74) is 7.63. The number of benzene rings is 1. The molecule has 1 unspecified atom stereocenters. The van der Waals surface area contributed by atoms with Crippen LogP contribution in [0.1, 0.15) is 44.5 Å². The van der Waals surface area contributed by atoms with Gasteiger partial charge >= 0.3 is 0 Å². The molecule has 0 radical (unpaired) electrons. The summed E-state index contributed by atoms with van der Waals surface area (Å²) in [6.45, 7) is 2.03. The van der Waals surface area contributed by atoms with Crippen LogP contribution in [0.3, 0.4) is 0 Å². The van der Waals surface area contributed by atoms with Crippen LogP contribution >= 0.6 is 0 Å². The van der Waals surface area contributed by atoms with E-state index in [9.17, 15) is 4.39 Å². The largest absolute Gasteiger partial charge is 0.328 e. The van der Waals surface area contributed by atoms with E-state index in [-0.39, 0.29) is 11.9 Å². The molecular formula is C15H20FN3. The Morgan fingerprint density at radius 2 is 2.26 bits per heavy atom. The lowest BCUT2D eigenvalue weighted by Crippen LogP contribution is -2.15. The van der Waals surface area contributed by atoms with Crippen LogP contribution in [0.2, 0.25) is 0 Å². The van der Waals surface area contributed by atoms with Gasteiger partial charge in [-0.15, -0.1) is 0 Å². The van der Waals surface area contributed by atoms with Crippen molar-refractivity contribution in [3.05, 3.63) is 29.8 Å². The van der Waals surface area contributed by atoms with E-state index < -0.39 is 0 Å². The van der Waals surface area contributed by atoms with E-state index in [4.69, 9.17) is 5.73 Å². The molecule has 19 heavy (non-hydrogen) atoms. The minimum absolute atomic E-state index is 0.184. The van der Waals surface area contributed by atoms with Gasteiger partial charge in [0.15, 0.2) is 0 Å². The predicted molar refractivity (Wildman–Crippen MR) is 74.5 cm³/mol. The van der Waals surface area contributed by atoms with Gasteiger partial charge in [0.05, 0.1) is 11.0 Å². The molecular weight excluding hydrogens is 241 g/mol. The van der Waals surface area contributed by atoms with E-state index in [2.05, 4.69) is 9.55 Å². The van der Waals surface area contributed by atoms with Gasteiger partial charge in [-0.25, -0.2) is 9.37 Å². The van der Waals surface area contributed by atoms with Crippen LogP contribution in [0.25, 0.3) is 11.0 Å². The molecule has 1 aliphatic rings. The first kappa shape index (κ1) is 12.6. The molecule has 0 aliphatic heterocycles. The van der Waals surface area contributed by atoms with Crippen LogP contribution in [0.4, 0.5) is 4.39 Å². The summed E-state index contributed by atoms with van der Waals surface area (Å²) >= 11 is 0. The van der Waals surface area contributed by atoms with Gasteiger partial charge < -0.3 is 10.3 Å². The topological polar surface area (TPSA) is 43.8 Å². The Balaban J connectivity index is 1.91. The Bertz CT molecular complexity index is 584. The van der Waals surface area contributed by atoms with Crippen LogP contribution in [-0.2, 0) is 6.42 Å². The lowest BCUT2D eigenvalue weighted by molar-refractivity contribution is 0.594. The van der Waals surface area contributed by atoms with Gasteiger partial charge in [0.1, 0.15) is 11.6 Å². The van der Waals surface area contributed by atoms with Gasteiger partial charge in [-0.2, -0.15) is 0 Å². The van der Waals surface area contributed by atoms with Gasteiger partial charge in [-0.3, -0.25) is 0 Å². The first-order chi connectivity index (χ1) is 9.15. The number of aryl methyl sites for hydroxylation is 1. The summed E-state index contributed by atoms with van der Waals surface area (Å²) in [7, 11) is 0. The second kappa shape index (κ2) is 4.93. The molecule has 1 aromatic heterocycles. The van der Waals surface area contributed by atoms with Gasteiger partial charge in [0, 0.05) is 18.5 Å². The minimum Gasteiger partial charge on any atom is -0.328 e. The first-order valence-corrected chi connectivity index (χ1v) is 7.07. The zero-order chi connectivity index (χ0) is 13.4. The molecule has 2 N–H and O–H groups in total. The highest BCUT2D eigenvalue weighted by atomic mass is 19.1. The molecule has 0 amide bonds. The van der Waals surface area contributed by atoms with Crippen molar-refractivity contribution in [2.75, 3.05) is 0 Å². The quantitative estimate of drug-likeness (QED) is 0.898. The molecule has 0 saturated heterocycles. The number of imidazole rings is 1. The van der Waals surface area contributed by atoms with Crippen molar-refractivity contribution in [3.8, 4) is 0 Å². The van der Waals surface area contributed by atoms with Crippen molar-refractivity contribution in [2.24, 2.45) is 5.73 Å². The highest BCUT2D eigenvalue weighted by Gasteiger charge is 2.28. The Kier molecular flexibility index (Phi) is 3.27. The molecule has 1 aliphatic carbocycles. The van der Waals surface area contributed by atoms with Crippen LogP contribution in [-0.4, -0.2) is 15.6 Å². The summed E-state index contributed by atoms with van der Waals surface area (Å²) in [5, 5.41) is 0. The maximum Gasteiger partial charge on any atom is 0.125 e. The molecule has 0 spiro atoms. The predicted octanol–water partition coefficient (Wildman–Crippen LogP) is 3.18. The van der Waals surface area contributed by atoms with Gasteiger partial charge in [-0.05, 0) is 50.8 Å². The van der Waals surface area contributed by atoms with E-state index in [0.717, 1.165) is 36.1 Å². The number of hydrogen-bond donors (Lipinski definition) is 1. The third-order valence-electron chi connectivity index (χ3n) is 3.70. The van der Waals surface area contributed by atoms with Crippen molar-refractivity contribution < 1.29 is 4.39 Å². The molecule has 1 saturated carbocycles. The fourth-order valence-electron chi connectivity index (χ4n) is 2.61. The number of aromatic nitrogens is 2. The standard InChI is InChI=1S/C15H20FN3/c1-10(17)3-2-4-15-18-13-8-5-11(16)9-14(13)19(15)12-6-7-12/h5,8-10,12H,2-4,6-7,17H2,1H3. The SMILES string of the molecule is CC(N)CCCc1nc2ccc(F)cc2n1C1CC1. The Labute approximate surface area is 112 Å². The highest BCUT2D eigenvalue weighted by molar-refractivity contribution is 5.76. The van der Waals surface area contributed by atoms with Crippen molar-refractivity contribution in [1.29, 1.82) is 0 Å². The molecule has 1 aromatic carbocycles. The van der Waals surface area contributed by atoms with E-state index in [0.29, 0.717) is 6.04 Å². The van der Waals surface area contributed by atoms with Gasteiger partial charge in [0.2, 0.25) is 0 Å². The molecule has 1 atom stereocenters. The maximum atomic E-state index is 13.4. The number of halogens is 1. The number of hydrogen-bond acceptors (Lipinski definition) is 2. The summed E-state index contributed by atoms with van der Waals surface area (Å²) in [4.78, 5) is 4.67. The zero-order valence-electron chi connectivity index (χ0n) is 11.3. The number of nitrogens with two attached hydrogens (primary N) is 1. The first-order valence-electron chi connectivity index (χ1n) is 7.07. The minimum atomic E-state index is -0.184. The molecule has 2 aromatic rings. The van der Waals surface area contributed by atoms with Gasteiger partial charge in [-0.1, -0.05) is 0 Å². The number of rotatable bonds is 5. The van der Waals surface area contributed by atoms with Crippen LogP contribution < -0.4 is 5.73 Å². The number of nitrogens with zero attached hydrogens (tertiary/aromatic N) is 2. The second-order valence-corrected chi connectivity index (χ2v) is 5.63. The van der Waals surface area contributed by atoms with Crippen molar-refractivity contribution in [3.63, 3.8) is 0 Å². The molecule has 0 bridgehead atoms. The Morgan fingerprint density at radius 3 is 2.95 bits per heavy atom. The summed E-state index contributed by atoms with van der Waals surface area (Å²) in [6, 6.07) is 5.63. The Hall–Kier alpha value is -1.42. The average molecular weight is 261 g/mol. The van der Waals surface area contributed by atoms with Gasteiger partial charge in [0.25, 0.3) is 0 Å². The molecule has 102 valence electrons. The summed E-state index contributed by atoms with van der Waals surface area (Å²) in [6.07, 6.45) is 5.33. The van der Waals surface area contributed by atoms with Crippen molar-refractivity contribution in [1.82, 2.24) is 9.55 Å². The van der Waals surface area contributed by atoms with E-state index in [1.165, 1.54) is 18.9 Å². The average Bonchev–Trinajstić information content (AvgIpc) is 3.11. The van der Waals surface area contributed by atoms with Crippen LogP contribution in [0, 0.1) is 5.82 Å². The molecule has 3 rings (SSSR count). The van der Waals surface area contributed by atoms with Crippen LogP contribution in [0.15, 0.2) is 18.2 Å². The lowest BCUT2D eigenvalue weighted by atomic mass is 10.1. The normalized spacial score (nSPS) is 17.0. The van der Waals surface area contributed by atoms with Crippen molar-refractivity contribution in [2.45, 2.75) is 51.1 Å². The fraction of sp³-hybridized carbons (Fsp3) is 0.533. The molecule has 1 heterocycles. The summed E-state index contributed by atoms with van der Waals surface area (Å²) < 4.78 is 15.6. The maximum absolute atomic E-state index is 13.4. The molecule has 1 fully saturated rings. The lowest BCUT2D eigenvalue weighted by Gasteiger charge is -2.08. The molecule has 3 nitrogen and oxygen atoms in total. The van der Waals surface area contributed by atoms with E-state index >= 15 is 0 Å². The fourth-order valence-corrected chi connectivity index (χ4v) is 2.61. The highest BCUT2D eigenvalue weighted by Crippen LogP contribution is 2.39. The third kappa shape index (κ3) is 2.63. The van der Waals surface area contributed by atoms with E-state index in [1.807, 2.05) is 6.92 Å². The third-order valence-corrected chi connectivity index (χ3v) is 3.70. The second-order valence-electron chi connectivity index (χ2n) is 5.63. The number of fused-ring (bicyclic) bond motifs is 1. The van der Waals surface area contributed by atoms with Crippen molar-refractivity contribution >= 4 is 11.0 Å². The van der Waals surface area contributed by atoms with E-state index in [1.54, 1.807) is 12.1 Å². The Morgan fingerprint density at radius 1 is 1.47 bits per heavy atom. The van der Waals surface area contributed by atoms with Crippen LogP contribution in [0.5, 0.6) is 0 Å².